The number of carbonyl (C=O) groups is 1. The smallest absolute Gasteiger partial charge is 0.294 e. The molecule has 0 saturated heterocycles. The SMILES string of the molecule is CCN(C(=O)c1occc1C)c1ccc(N)cc1. The number of aryl methyl sites for hydroxylation is 1. The third kappa shape index (κ3) is 2.22. The highest BCUT2D eigenvalue weighted by molar-refractivity contribution is 6.05. The average molecular weight is 244 g/mol. The van der Waals surface area contributed by atoms with Crippen molar-refractivity contribution in [1.29, 1.82) is 0 Å². The molecule has 0 radical (unpaired) electrons. The van der Waals surface area contributed by atoms with Crippen molar-refractivity contribution >= 4 is 17.3 Å². The van der Waals surface area contributed by atoms with Gasteiger partial charge in [-0.1, -0.05) is 0 Å². The fraction of sp³-hybridized carbons (Fsp3) is 0.214. The van der Waals surface area contributed by atoms with Crippen molar-refractivity contribution in [3.63, 3.8) is 0 Å². The number of nitrogens with zero attached hydrogens (tertiary/aromatic N) is 1. The summed E-state index contributed by atoms with van der Waals surface area (Å²) < 4.78 is 5.24. The zero-order valence-corrected chi connectivity index (χ0v) is 10.5. The van der Waals surface area contributed by atoms with Gasteiger partial charge in [0.15, 0.2) is 5.76 Å². The lowest BCUT2D eigenvalue weighted by Crippen LogP contribution is -2.30. The molecular formula is C14H16N2O2. The second kappa shape index (κ2) is 4.96. The van der Waals surface area contributed by atoms with Gasteiger partial charge in [0.25, 0.3) is 5.91 Å². The van der Waals surface area contributed by atoms with Crippen molar-refractivity contribution in [2.75, 3.05) is 17.2 Å². The third-order valence-electron chi connectivity index (χ3n) is 2.82. The minimum Gasteiger partial charge on any atom is -0.459 e. The first-order valence-electron chi connectivity index (χ1n) is 5.85. The summed E-state index contributed by atoms with van der Waals surface area (Å²) in [6.07, 6.45) is 1.53. The van der Waals surface area contributed by atoms with Crippen molar-refractivity contribution in [2.45, 2.75) is 13.8 Å². The molecule has 1 aromatic heterocycles. The molecule has 2 rings (SSSR count). The summed E-state index contributed by atoms with van der Waals surface area (Å²) in [4.78, 5) is 14.0. The maximum absolute atomic E-state index is 12.3. The first kappa shape index (κ1) is 12.2. The normalized spacial score (nSPS) is 10.3. The van der Waals surface area contributed by atoms with E-state index in [4.69, 9.17) is 10.2 Å². The van der Waals surface area contributed by atoms with Gasteiger partial charge < -0.3 is 15.1 Å². The second-order valence-corrected chi connectivity index (χ2v) is 4.07. The lowest BCUT2D eigenvalue weighted by atomic mass is 10.2. The van der Waals surface area contributed by atoms with Gasteiger partial charge in [0.1, 0.15) is 0 Å². The van der Waals surface area contributed by atoms with Crippen LogP contribution in [0.25, 0.3) is 0 Å². The van der Waals surface area contributed by atoms with Gasteiger partial charge in [0, 0.05) is 23.5 Å². The number of rotatable bonds is 3. The predicted octanol–water partition coefficient (Wildman–Crippen LogP) is 2.84. The largest absolute Gasteiger partial charge is 0.459 e. The monoisotopic (exact) mass is 244 g/mol. The van der Waals surface area contributed by atoms with E-state index in [0.717, 1.165) is 11.3 Å². The summed E-state index contributed by atoms with van der Waals surface area (Å²) in [6.45, 7) is 4.35. The molecule has 4 nitrogen and oxygen atoms in total. The third-order valence-corrected chi connectivity index (χ3v) is 2.82. The number of furan rings is 1. The molecule has 1 aromatic carbocycles. The number of hydrogen-bond acceptors (Lipinski definition) is 3. The van der Waals surface area contributed by atoms with E-state index in [1.54, 1.807) is 23.1 Å². The highest BCUT2D eigenvalue weighted by atomic mass is 16.3. The molecule has 0 aliphatic rings. The zero-order valence-electron chi connectivity index (χ0n) is 10.5. The molecule has 0 aliphatic carbocycles. The van der Waals surface area contributed by atoms with Crippen molar-refractivity contribution in [2.24, 2.45) is 0 Å². The number of hydrogen-bond donors (Lipinski definition) is 1. The topological polar surface area (TPSA) is 59.5 Å². The predicted molar refractivity (Wildman–Crippen MR) is 71.6 cm³/mol. The minimum atomic E-state index is -0.134. The van der Waals surface area contributed by atoms with Crippen LogP contribution in [0.15, 0.2) is 41.0 Å². The molecule has 1 amide bonds. The van der Waals surface area contributed by atoms with Gasteiger partial charge in [-0.2, -0.15) is 0 Å². The highest BCUT2D eigenvalue weighted by Crippen LogP contribution is 2.20. The van der Waals surface area contributed by atoms with Crippen molar-refractivity contribution < 1.29 is 9.21 Å². The van der Waals surface area contributed by atoms with Gasteiger partial charge in [0.05, 0.1) is 6.26 Å². The van der Waals surface area contributed by atoms with Crippen LogP contribution in [0.4, 0.5) is 11.4 Å². The molecule has 0 unspecified atom stereocenters. The van der Waals surface area contributed by atoms with Crippen LogP contribution in [0.3, 0.4) is 0 Å². The van der Waals surface area contributed by atoms with E-state index in [1.165, 1.54) is 6.26 Å². The van der Waals surface area contributed by atoms with Crippen molar-refractivity contribution in [3.05, 3.63) is 47.9 Å². The summed E-state index contributed by atoms with van der Waals surface area (Å²) in [5.74, 6) is 0.249. The van der Waals surface area contributed by atoms with Crippen LogP contribution in [-0.2, 0) is 0 Å². The van der Waals surface area contributed by atoms with E-state index in [9.17, 15) is 4.79 Å². The Hall–Kier alpha value is -2.23. The van der Waals surface area contributed by atoms with E-state index in [2.05, 4.69) is 0 Å². The molecule has 2 aromatic rings. The van der Waals surface area contributed by atoms with Crippen LogP contribution in [0, 0.1) is 6.92 Å². The van der Waals surface area contributed by atoms with E-state index < -0.39 is 0 Å². The lowest BCUT2D eigenvalue weighted by Gasteiger charge is -2.20. The molecule has 0 spiro atoms. The van der Waals surface area contributed by atoms with Crippen LogP contribution in [0.1, 0.15) is 23.0 Å². The summed E-state index contributed by atoms with van der Waals surface area (Å²) in [5, 5.41) is 0. The van der Waals surface area contributed by atoms with Gasteiger partial charge in [-0.25, -0.2) is 0 Å². The Kier molecular flexibility index (Phi) is 3.37. The van der Waals surface area contributed by atoms with Gasteiger partial charge in [0.2, 0.25) is 0 Å². The quantitative estimate of drug-likeness (QED) is 0.844. The molecule has 0 fully saturated rings. The number of nitrogen functional groups attached to an aromatic ring is 1. The molecule has 0 saturated carbocycles. The average Bonchev–Trinajstić information content (AvgIpc) is 2.78. The number of amides is 1. The van der Waals surface area contributed by atoms with Crippen molar-refractivity contribution in [3.8, 4) is 0 Å². The summed E-state index contributed by atoms with van der Waals surface area (Å²) in [7, 11) is 0. The Morgan fingerprint density at radius 2 is 1.94 bits per heavy atom. The number of nitrogens with two attached hydrogens (primary N) is 1. The van der Waals surface area contributed by atoms with E-state index in [-0.39, 0.29) is 5.91 Å². The van der Waals surface area contributed by atoms with E-state index in [1.807, 2.05) is 26.0 Å². The summed E-state index contributed by atoms with van der Waals surface area (Å²) in [6, 6.07) is 8.99. The van der Waals surface area contributed by atoms with E-state index in [0.29, 0.717) is 18.0 Å². The molecule has 4 heteroatoms. The Balaban J connectivity index is 2.32. The van der Waals surface area contributed by atoms with Crippen LogP contribution in [0.2, 0.25) is 0 Å². The summed E-state index contributed by atoms with van der Waals surface area (Å²) in [5.41, 5.74) is 7.97. The highest BCUT2D eigenvalue weighted by Gasteiger charge is 2.20. The molecule has 0 bridgehead atoms. The molecule has 0 atom stereocenters. The first-order chi connectivity index (χ1) is 8.63. The van der Waals surface area contributed by atoms with Gasteiger partial charge in [-0.15, -0.1) is 0 Å². The fourth-order valence-electron chi connectivity index (χ4n) is 1.81. The lowest BCUT2D eigenvalue weighted by molar-refractivity contribution is 0.0961. The molecule has 2 N–H and O–H groups in total. The standard InChI is InChI=1S/C14H16N2O2/c1-3-16(12-6-4-11(15)5-7-12)14(17)13-10(2)8-9-18-13/h4-9H,3,15H2,1-2H3. The molecule has 94 valence electrons. The second-order valence-electron chi connectivity index (χ2n) is 4.07. The van der Waals surface area contributed by atoms with Gasteiger partial charge in [-0.05, 0) is 44.2 Å². The van der Waals surface area contributed by atoms with E-state index >= 15 is 0 Å². The Morgan fingerprint density at radius 1 is 1.28 bits per heavy atom. The Bertz CT molecular complexity index is 543. The Labute approximate surface area is 106 Å². The fourth-order valence-corrected chi connectivity index (χ4v) is 1.81. The van der Waals surface area contributed by atoms with Crippen LogP contribution < -0.4 is 10.6 Å². The van der Waals surface area contributed by atoms with Crippen LogP contribution >= 0.6 is 0 Å². The molecule has 18 heavy (non-hydrogen) atoms. The molecule has 0 aliphatic heterocycles. The van der Waals surface area contributed by atoms with Gasteiger partial charge >= 0.3 is 0 Å². The number of benzene rings is 1. The van der Waals surface area contributed by atoms with Crippen LogP contribution in [0.5, 0.6) is 0 Å². The maximum Gasteiger partial charge on any atom is 0.294 e. The Morgan fingerprint density at radius 3 is 2.44 bits per heavy atom. The number of anilines is 2. The zero-order chi connectivity index (χ0) is 13.1. The molecule has 1 heterocycles. The summed E-state index contributed by atoms with van der Waals surface area (Å²) >= 11 is 0. The first-order valence-corrected chi connectivity index (χ1v) is 5.85. The maximum atomic E-state index is 12.3. The minimum absolute atomic E-state index is 0.134. The molecular weight excluding hydrogens is 228 g/mol. The van der Waals surface area contributed by atoms with Gasteiger partial charge in [-0.3, -0.25) is 4.79 Å². The van der Waals surface area contributed by atoms with Crippen LogP contribution in [-0.4, -0.2) is 12.5 Å². The number of carbonyl (C=O) groups excluding carboxylic acids is 1. The van der Waals surface area contributed by atoms with Crippen molar-refractivity contribution in [1.82, 2.24) is 0 Å².